The largest absolute Gasteiger partial charge is 0.0851 e. The Labute approximate surface area is 144 Å². The summed E-state index contributed by atoms with van der Waals surface area (Å²) in [5, 5.41) is 0. The van der Waals surface area contributed by atoms with E-state index in [1.54, 1.807) is 0 Å². The minimum atomic E-state index is 0.886. The van der Waals surface area contributed by atoms with Gasteiger partial charge in [0.1, 0.15) is 0 Å². The highest BCUT2D eigenvalue weighted by Crippen LogP contribution is 2.45. The van der Waals surface area contributed by atoms with Crippen molar-refractivity contribution in [3.63, 3.8) is 0 Å². The van der Waals surface area contributed by atoms with Gasteiger partial charge < -0.3 is 0 Å². The van der Waals surface area contributed by atoms with Crippen molar-refractivity contribution >= 4 is 11.6 Å². The molecule has 2 aromatic rings. The smallest absolute Gasteiger partial charge is 0.00137 e. The predicted molar refractivity (Wildman–Crippen MR) is 102 cm³/mol. The molecule has 24 heavy (non-hydrogen) atoms. The predicted octanol–water partition coefficient (Wildman–Crippen LogP) is 5.93. The van der Waals surface area contributed by atoms with E-state index in [2.05, 4.69) is 66.8 Å². The molecule has 0 aliphatic heterocycles. The summed E-state index contributed by atoms with van der Waals surface area (Å²) in [7, 11) is 0. The average Bonchev–Trinajstić information content (AvgIpc) is 3.35. The third-order valence-electron chi connectivity index (χ3n) is 6.31. The molecular weight excluding hydrogens is 288 g/mol. The second kappa shape index (κ2) is 5.77. The van der Waals surface area contributed by atoms with Crippen LogP contribution in [0.3, 0.4) is 0 Å². The first kappa shape index (κ1) is 14.3. The summed E-state index contributed by atoms with van der Waals surface area (Å²) >= 11 is 0. The van der Waals surface area contributed by atoms with E-state index in [0.29, 0.717) is 0 Å². The maximum absolute atomic E-state index is 2.48. The Morgan fingerprint density at radius 2 is 1.75 bits per heavy atom. The average molecular weight is 312 g/mol. The fourth-order valence-electron chi connectivity index (χ4n) is 4.93. The Morgan fingerprint density at radius 3 is 2.50 bits per heavy atom. The summed E-state index contributed by atoms with van der Waals surface area (Å²) in [4.78, 5) is 0. The molecule has 0 spiro atoms. The molecule has 0 heteroatoms. The van der Waals surface area contributed by atoms with Crippen molar-refractivity contribution in [2.45, 2.75) is 32.1 Å². The van der Waals surface area contributed by atoms with Crippen molar-refractivity contribution < 1.29 is 0 Å². The second-order valence-electron chi connectivity index (χ2n) is 7.82. The molecular formula is C24H24. The normalized spacial score (nSPS) is 26.7. The van der Waals surface area contributed by atoms with Gasteiger partial charge in [0.15, 0.2) is 0 Å². The summed E-state index contributed by atoms with van der Waals surface area (Å²) in [6.07, 6.45) is 13.8. The molecule has 3 unspecified atom stereocenters. The first-order chi connectivity index (χ1) is 11.8. The lowest BCUT2D eigenvalue weighted by Gasteiger charge is -2.17. The Kier molecular flexibility index (Phi) is 3.43. The summed E-state index contributed by atoms with van der Waals surface area (Å²) in [6, 6.07) is 18.1. The van der Waals surface area contributed by atoms with Crippen molar-refractivity contribution in [1.82, 2.24) is 0 Å². The van der Waals surface area contributed by atoms with Crippen LogP contribution >= 0.6 is 0 Å². The monoisotopic (exact) mass is 312 g/mol. The number of hydrogen-bond donors (Lipinski definition) is 0. The van der Waals surface area contributed by atoms with Crippen LogP contribution in [0.25, 0.3) is 11.6 Å². The summed E-state index contributed by atoms with van der Waals surface area (Å²) < 4.78 is 0. The van der Waals surface area contributed by atoms with E-state index in [9.17, 15) is 0 Å². The quantitative estimate of drug-likeness (QED) is 0.614. The molecule has 5 rings (SSSR count). The molecule has 1 saturated carbocycles. The number of allylic oxidation sites excluding steroid dienone is 3. The molecule has 2 bridgehead atoms. The Morgan fingerprint density at radius 1 is 0.875 bits per heavy atom. The van der Waals surface area contributed by atoms with Gasteiger partial charge in [-0.05, 0) is 77.7 Å². The third-order valence-corrected chi connectivity index (χ3v) is 6.31. The number of hydrogen-bond acceptors (Lipinski definition) is 0. The molecule has 120 valence electrons. The van der Waals surface area contributed by atoms with Crippen LogP contribution in [0.15, 0.2) is 60.7 Å². The molecule has 0 N–H and O–H groups in total. The van der Waals surface area contributed by atoms with Crippen LogP contribution in [0.1, 0.15) is 41.5 Å². The summed E-state index contributed by atoms with van der Waals surface area (Å²) in [6.45, 7) is 0. The fraction of sp³-hybridized carbons (Fsp3) is 0.333. The van der Waals surface area contributed by atoms with E-state index >= 15 is 0 Å². The van der Waals surface area contributed by atoms with Crippen molar-refractivity contribution in [3.05, 3.63) is 82.9 Å². The molecule has 0 saturated heterocycles. The van der Waals surface area contributed by atoms with Crippen molar-refractivity contribution in [2.75, 3.05) is 0 Å². The maximum atomic E-state index is 2.48. The van der Waals surface area contributed by atoms with Crippen molar-refractivity contribution in [2.24, 2.45) is 17.8 Å². The van der Waals surface area contributed by atoms with Gasteiger partial charge in [0, 0.05) is 0 Å². The van der Waals surface area contributed by atoms with Crippen LogP contribution < -0.4 is 0 Å². The van der Waals surface area contributed by atoms with Crippen LogP contribution in [-0.4, -0.2) is 0 Å². The van der Waals surface area contributed by atoms with Crippen LogP contribution in [0.5, 0.6) is 0 Å². The number of fused-ring (bicyclic) bond motifs is 3. The topological polar surface area (TPSA) is 0 Å². The molecule has 1 fully saturated rings. The van der Waals surface area contributed by atoms with Gasteiger partial charge in [-0.3, -0.25) is 0 Å². The van der Waals surface area contributed by atoms with E-state index in [0.717, 1.165) is 24.2 Å². The first-order valence-corrected chi connectivity index (χ1v) is 9.41. The Balaban J connectivity index is 1.24. The van der Waals surface area contributed by atoms with Crippen molar-refractivity contribution in [3.8, 4) is 0 Å². The number of rotatable bonds is 4. The van der Waals surface area contributed by atoms with Gasteiger partial charge in [-0.15, -0.1) is 0 Å². The Bertz CT molecular complexity index is 806. The highest BCUT2D eigenvalue weighted by atomic mass is 14.4. The molecule has 0 heterocycles. The lowest BCUT2D eigenvalue weighted by atomic mass is 9.88. The van der Waals surface area contributed by atoms with E-state index in [1.165, 1.54) is 53.5 Å². The van der Waals surface area contributed by atoms with Gasteiger partial charge >= 0.3 is 0 Å². The minimum absolute atomic E-state index is 0.886. The van der Waals surface area contributed by atoms with Gasteiger partial charge in [0.05, 0.1) is 0 Å². The summed E-state index contributed by atoms with van der Waals surface area (Å²) in [5.41, 5.74) is 7.20. The van der Waals surface area contributed by atoms with Gasteiger partial charge in [-0.1, -0.05) is 66.8 Å². The van der Waals surface area contributed by atoms with Gasteiger partial charge in [-0.2, -0.15) is 0 Å². The highest BCUT2D eigenvalue weighted by molar-refractivity contribution is 5.88. The molecule has 0 aromatic heterocycles. The van der Waals surface area contributed by atoms with Gasteiger partial charge in [0.2, 0.25) is 0 Å². The number of benzene rings is 2. The molecule has 3 aliphatic carbocycles. The highest BCUT2D eigenvalue weighted by Gasteiger charge is 2.34. The van der Waals surface area contributed by atoms with E-state index in [1.807, 2.05) is 0 Å². The van der Waals surface area contributed by atoms with E-state index in [-0.39, 0.29) is 0 Å². The summed E-state index contributed by atoms with van der Waals surface area (Å²) in [5.74, 6) is 2.72. The molecule has 2 aromatic carbocycles. The lowest BCUT2D eigenvalue weighted by Crippen LogP contribution is -2.08. The zero-order valence-corrected chi connectivity index (χ0v) is 14.1. The molecule has 0 nitrogen and oxygen atoms in total. The molecule has 3 atom stereocenters. The standard InChI is InChI=1S/C24H24/c1-2-4-21-16-24(15-20(21)3-1)19-9-5-17(6-10-19)7-11-22-13-18-8-12-23(22)14-18/h1-6,8-10,12,15,18,22-23H,7,11,13-14,16H2. The van der Waals surface area contributed by atoms with Gasteiger partial charge in [-0.25, -0.2) is 0 Å². The molecule has 3 aliphatic rings. The Hall–Kier alpha value is -2.08. The number of aryl methyl sites for hydroxylation is 1. The SMILES string of the molecule is C1=CC2CC1CC2CCc1ccc(C2=Cc3ccccc3C2)cc1. The van der Waals surface area contributed by atoms with Crippen LogP contribution in [0.2, 0.25) is 0 Å². The van der Waals surface area contributed by atoms with Gasteiger partial charge in [0.25, 0.3) is 0 Å². The molecule has 0 radical (unpaired) electrons. The van der Waals surface area contributed by atoms with E-state index in [4.69, 9.17) is 0 Å². The fourth-order valence-corrected chi connectivity index (χ4v) is 4.93. The van der Waals surface area contributed by atoms with Crippen LogP contribution in [0.4, 0.5) is 0 Å². The third kappa shape index (κ3) is 2.55. The first-order valence-electron chi connectivity index (χ1n) is 9.41. The lowest BCUT2D eigenvalue weighted by molar-refractivity contribution is 0.416. The van der Waals surface area contributed by atoms with Crippen LogP contribution in [0, 0.1) is 17.8 Å². The maximum Gasteiger partial charge on any atom is -0.00137 e. The zero-order chi connectivity index (χ0) is 15.9. The molecule has 0 amide bonds. The minimum Gasteiger partial charge on any atom is -0.0851 e. The zero-order valence-electron chi connectivity index (χ0n) is 14.1. The second-order valence-corrected chi connectivity index (χ2v) is 7.82. The van der Waals surface area contributed by atoms with E-state index < -0.39 is 0 Å². The van der Waals surface area contributed by atoms with Crippen LogP contribution in [-0.2, 0) is 12.8 Å². The van der Waals surface area contributed by atoms with Crippen molar-refractivity contribution in [1.29, 1.82) is 0 Å².